The molecule has 0 spiro atoms. The number of rotatable bonds is 8. The predicted octanol–water partition coefficient (Wildman–Crippen LogP) is 5.61. The summed E-state index contributed by atoms with van der Waals surface area (Å²) >= 11 is 1.76. The number of fused-ring (bicyclic) bond motifs is 1. The molecule has 1 aromatic heterocycles. The first kappa shape index (κ1) is 17.2. The Bertz CT molecular complexity index is 831. The van der Waals surface area contributed by atoms with Gasteiger partial charge in [0.25, 0.3) is 0 Å². The van der Waals surface area contributed by atoms with Gasteiger partial charge in [-0.25, -0.2) is 0 Å². The molecule has 0 fully saturated rings. The van der Waals surface area contributed by atoms with Crippen LogP contribution in [0.4, 0.5) is 0 Å². The van der Waals surface area contributed by atoms with Crippen molar-refractivity contribution in [3.8, 4) is 16.2 Å². The number of hydrogen-bond donors (Lipinski definition) is 1. The zero-order valence-electron chi connectivity index (χ0n) is 13.9. The van der Waals surface area contributed by atoms with E-state index in [1.165, 1.54) is 15.0 Å². The summed E-state index contributed by atoms with van der Waals surface area (Å²) in [6, 6.07) is 18.3. The van der Waals surface area contributed by atoms with Crippen LogP contribution in [0, 0.1) is 5.92 Å². The predicted molar refractivity (Wildman–Crippen MR) is 103 cm³/mol. The largest absolute Gasteiger partial charge is 0.493 e. The number of ether oxygens (including phenoxy) is 1. The van der Waals surface area contributed by atoms with Crippen molar-refractivity contribution in [3.05, 3.63) is 67.3 Å². The van der Waals surface area contributed by atoms with Crippen LogP contribution in [0.2, 0.25) is 0 Å². The maximum absolute atomic E-state index is 11.2. The molecule has 3 aromatic rings. The Labute approximate surface area is 151 Å². The molecule has 3 nitrogen and oxygen atoms in total. The third-order valence-electron chi connectivity index (χ3n) is 4.08. The average molecular weight is 352 g/mol. The Morgan fingerprint density at radius 1 is 1.20 bits per heavy atom. The van der Waals surface area contributed by atoms with Crippen molar-refractivity contribution in [2.75, 3.05) is 6.61 Å². The molecule has 0 bridgehead atoms. The maximum atomic E-state index is 11.2. The molecule has 2 aromatic carbocycles. The molecule has 1 N–H and O–H groups in total. The standard InChI is InChI=1S/C21H20O3S/c1-2-3-6-17(21(22)23)14-24-18-11-9-15(10-12-18)20-13-16-7-4-5-8-19(16)25-20/h2,4-5,7-13,17H,1,3,6,14H2,(H,22,23). The number of benzene rings is 2. The quantitative estimate of drug-likeness (QED) is 0.536. The second-order valence-corrected chi connectivity index (χ2v) is 6.97. The SMILES string of the molecule is C=CCCC(COc1ccc(-c2cc3ccccc3s2)cc1)C(=O)O. The van der Waals surface area contributed by atoms with Gasteiger partial charge in [0.15, 0.2) is 0 Å². The summed E-state index contributed by atoms with van der Waals surface area (Å²) in [5.41, 5.74) is 1.13. The van der Waals surface area contributed by atoms with E-state index >= 15 is 0 Å². The minimum atomic E-state index is -0.830. The Kier molecular flexibility index (Phi) is 5.51. The number of carboxylic acid groups (broad SMARTS) is 1. The first-order valence-corrected chi connectivity index (χ1v) is 9.04. The van der Waals surface area contributed by atoms with E-state index in [4.69, 9.17) is 4.74 Å². The number of carboxylic acids is 1. The van der Waals surface area contributed by atoms with Gasteiger partial charge in [0.1, 0.15) is 12.4 Å². The zero-order chi connectivity index (χ0) is 17.6. The van der Waals surface area contributed by atoms with Gasteiger partial charge in [0.05, 0.1) is 5.92 Å². The number of hydrogen-bond acceptors (Lipinski definition) is 3. The molecule has 0 radical (unpaired) electrons. The van der Waals surface area contributed by atoms with E-state index in [-0.39, 0.29) is 6.61 Å². The number of thiophene rings is 1. The van der Waals surface area contributed by atoms with Gasteiger partial charge in [-0.05, 0) is 60.2 Å². The molecule has 0 aliphatic rings. The summed E-state index contributed by atoms with van der Waals surface area (Å²) in [6.07, 6.45) is 2.94. The Balaban J connectivity index is 1.67. The van der Waals surface area contributed by atoms with Crippen molar-refractivity contribution >= 4 is 27.4 Å². The van der Waals surface area contributed by atoms with Gasteiger partial charge >= 0.3 is 5.97 Å². The fourth-order valence-corrected chi connectivity index (χ4v) is 3.70. The van der Waals surface area contributed by atoms with Gasteiger partial charge in [0.2, 0.25) is 0 Å². The van der Waals surface area contributed by atoms with Crippen LogP contribution in [0.15, 0.2) is 67.3 Å². The lowest BCUT2D eigenvalue weighted by Gasteiger charge is -2.13. The molecule has 128 valence electrons. The summed E-state index contributed by atoms with van der Waals surface area (Å²) in [4.78, 5) is 12.4. The lowest BCUT2D eigenvalue weighted by Crippen LogP contribution is -2.21. The van der Waals surface area contributed by atoms with E-state index in [0.29, 0.717) is 18.6 Å². The molecule has 0 amide bonds. The molecule has 0 saturated carbocycles. The van der Waals surface area contributed by atoms with E-state index in [1.807, 2.05) is 36.4 Å². The van der Waals surface area contributed by atoms with Crippen molar-refractivity contribution in [2.45, 2.75) is 12.8 Å². The van der Waals surface area contributed by atoms with Crippen molar-refractivity contribution < 1.29 is 14.6 Å². The van der Waals surface area contributed by atoms with Crippen LogP contribution in [-0.2, 0) is 4.79 Å². The fourth-order valence-electron chi connectivity index (χ4n) is 2.63. The second kappa shape index (κ2) is 7.99. The van der Waals surface area contributed by atoms with Crippen LogP contribution in [0.3, 0.4) is 0 Å². The average Bonchev–Trinajstić information content (AvgIpc) is 3.06. The van der Waals surface area contributed by atoms with Gasteiger partial charge in [-0.3, -0.25) is 4.79 Å². The second-order valence-electron chi connectivity index (χ2n) is 5.89. The minimum absolute atomic E-state index is 0.172. The van der Waals surface area contributed by atoms with Gasteiger partial charge in [-0.15, -0.1) is 17.9 Å². The molecule has 4 heteroatoms. The smallest absolute Gasteiger partial charge is 0.309 e. The highest BCUT2D eigenvalue weighted by atomic mass is 32.1. The summed E-state index contributed by atoms with van der Waals surface area (Å²) in [6.45, 7) is 3.80. The van der Waals surface area contributed by atoms with Gasteiger partial charge in [-0.1, -0.05) is 24.3 Å². The van der Waals surface area contributed by atoms with Crippen LogP contribution in [-0.4, -0.2) is 17.7 Å². The summed E-state index contributed by atoms with van der Waals surface area (Å²) < 4.78 is 6.93. The number of carbonyl (C=O) groups is 1. The molecule has 25 heavy (non-hydrogen) atoms. The Hall–Kier alpha value is -2.59. The summed E-state index contributed by atoms with van der Waals surface area (Å²) in [7, 11) is 0. The third-order valence-corrected chi connectivity index (χ3v) is 5.25. The Morgan fingerprint density at radius 3 is 2.64 bits per heavy atom. The summed E-state index contributed by atoms with van der Waals surface area (Å²) in [5.74, 6) is -0.654. The van der Waals surface area contributed by atoms with Gasteiger partial charge in [0, 0.05) is 9.58 Å². The van der Waals surface area contributed by atoms with Crippen LogP contribution < -0.4 is 4.74 Å². The van der Waals surface area contributed by atoms with Crippen LogP contribution in [0.1, 0.15) is 12.8 Å². The van der Waals surface area contributed by atoms with E-state index < -0.39 is 11.9 Å². The van der Waals surface area contributed by atoms with E-state index in [9.17, 15) is 9.90 Å². The third kappa shape index (κ3) is 4.28. The Morgan fingerprint density at radius 2 is 1.96 bits per heavy atom. The van der Waals surface area contributed by atoms with Crippen LogP contribution >= 0.6 is 11.3 Å². The molecule has 0 aliphatic heterocycles. The summed E-state index contributed by atoms with van der Waals surface area (Å²) in [5, 5.41) is 10.5. The van der Waals surface area contributed by atoms with E-state index in [1.54, 1.807) is 17.4 Å². The lowest BCUT2D eigenvalue weighted by atomic mass is 10.0. The number of allylic oxidation sites excluding steroid dienone is 1. The van der Waals surface area contributed by atoms with Gasteiger partial charge in [-0.2, -0.15) is 0 Å². The van der Waals surface area contributed by atoms with Crippen molar-refractivity contribution in [1.82, 2.24) is 0 Å². The number of aliphatic carboxylic acids is 1. The van der Waals surface area contributed by atoms with Crippen molar-refractivity contribution in [3.63, 3.8) is 0 Å². The molecule has 1 heterocycles. The molecular formula is C21H20O3S. The first-order chi connectivity index (χ1) is 12.2. The molecule has 1 unspecified atom stereocenters. The van der Waals surface area contributed by atoms with E-state index in [2.05, 4.69) is 24.8 Å². The fraction of sp³-hybridized carbons (Fsp3) is 0.190. The lowest BCUT2D eigenvalue weighted by molar-refractivity contribution is -0.142. The molecular weight excluding hydrogens is 332 g/mol. The van der Waals surface area contributed by atoms with Crippen molar-refractivity contribution in [2.24, 2.45) is 5.92 Å². The first-order valence-electron chi connectivity index (χ1n) is 8.23. The van der Waals surface area contributed by atoms with Crippen molar-refractivity contribution in [1.29, 1.82) is 0 Å². The van der Waals surface area contributed by atoms with E-state index in [0.717, 1.165) is 5.56 Å². The van der Waals surface area contributed by atoms with Crippen LogP contribution in [0.25, 0.3) is 20.5 Å². The topological polar surface area (TPSA) is 46.5 Å². The van der Waals surface area contributed by atoms with Crippen LogP contribution in [0.5, 0.6) is 5.75 Å². The zero-order valence-corrected chi connectivity index (χ0v) is 14.7. The highest BCUT2D eigenvalue weighted by molar-refractivity contribution is 7.22. The molecule has 3 rings (SSSR count). The monoisotopic (exact) mass is 352 g/mol. The maximum Gasteiger partial charge on any atom is 0.309 e. The molecule has 0 saturated heterocycles. The highest BCUT2D eigenvalue weighted by Crippen LogP contribution is 2.34. The van der Waals surface area contributed by atoms with Gasteiger partial charge < -0.3 is 9.84 Å². The highest BCUT2D eigenvalue weighted by Gasteiger charge is 2.17. The molecule has 1 atom stereocenters. The normalized spacial score (nSPS) is 12.0. The molecule has 0 aliphatic carbocycles. The minimum Gasteiger partial charge on any atom is -0.493 e.